The second-order valence-corrected chi connectivity index (χ2v) is 3.88. The number of nitrogens with two attached hydrogens (primary N) is 1. The lowest BCUT2D eigenvalue weighted by Gasteiger charge is -2.20. The first-order valence-corrected chi connectivity index (χ1v) is 5.62. The van der Waals surface area contributed by atoms with Crippen LogP contribution in [0.5, 0.6) is 0 Å². The maximum Gasteiger partial charge on any atom is 0.416 e. The summed E-state index contributed by atoms with van der Waals surface area (Å²) in [6.45, 7) is 1.22. The molecule has 8 heteroatoms. The fourth-order valence-electron chi connectivity index (χ4n) is 1.64. The van der Waals surface area contributed by atoms with E-state index >= 15 is 0 Å². The van der Waals surface area contributed by atoms with Crippen LogP contribution < -0.4 is 5.73 Å². The molecule has 1 unspecified atom stereocenters. The van der Waals surface area contributed by atoms with Gasteiger partial charge in [0.15, 0.2) is 0 Å². The van der Waals surface area contributed by atoms with E-state index in [-0.39, 0.29) is 6.61 Å². The zero-order valence-electron chi connectivity index (χ0n) is 10.4. The predicted octanol–water partition coefficient (Wildman–Crippen LogP) is 2.75. The Hall–Kier alpha value is -1.70. The molecule has 0 amide bonds. The summed E-state index contributed by atoms with van der Waals surface area (Å²) < 4.78 is 69.8. The summed E-state index contributed by atoms with van der Waals surface area (Å²) >= 11 is 0. The minimum absolute atomic E-state index is 0.171. The molecule has 1 rings (SSSR count). The molecule has 2 atom stereocenters. The van der Waals surface area contributed by atoms with E-state index in [9.17, 15) is 26.7 Å². The fraction of sp³-hybridized carbons (Fsp3) is 0.417. The molecule has 0 fully saturated rings. The van der Waals surface area contributed by atoms with Crippen molar-refractivity contribution < 1.29 is 31.5 Å². The smallest absolute Gasteiger partial charge is 0.416 e. The minimum atomic E-state index is -4.91. The molecular weight excluding hydrogens is 285 g/mol. The molecule has 0 aliphatic carbocycles. The molecule has 0 spiro atoms. The van der Waals surface area contributed by atoms with Crippen LogP contribution in [0, 0.1) is 5.82 Å². The number of ether oxygens (including phenoxy) is 1. The Morgan fingerprint density at radius 3 is 2.50 bits per heavy atom. The molecule has 0 radical (unpaired) electrons. The Morgan fingerprint density at radius 2 is 2.00 bits per heavy atom. The van der Waals surface area contributed by atoms with Crippen molar-refractivity contribution in [2.75, 3.05) is 6.61 Å². The molecular formula is C12H12F5NO2. The highest BCUT2D eigenvalue weighted by atomic mass is 19.4. The highest BCUT2D eigenvalue weighted by molar-refractivity contribution is 5.76. The van der Waals surface area contributed by atoms with E-state index < -0.39 is 41.3 Å². The highest BCUT2D eigenvalue weighted by Gasteiger charge is 2.39. The summed E-state index contributed by atoms with van der Waals surface area (Å²) in [4.78, 5) is 11.1. The third-order valence-corrected chi connectivity index (χ3v) is 2.52. The summed E-state index contributed by atoms with van der Waals surface area (Å²) in [5.74, 6) is -2.77. The van der Waals surface area contributed by atoms with Crippen LogP contribution in [0.1, 0.15) is 24.1 Å². The molecule has 1 aromatic rings. The lowest BCUT2D eigenvalue weighted by atomic mass is 9.96. The van der Waals surface area contributed by atoms with Gasteiger partial charge in [0.25, 0.3) is 0 Å². The maximum absolute atomic E-state index is 13.7. The van der Waals surface area contributed by atoms with Gasteiger partial charge in [-0.05, 0) is 19.1 Å². The molecule has 2 N–H and O–H groups in total. The summed E-state index contributed by atoms with van der Waals surface area (Å²) in [6.07, 6.45) is -7.50. The fourth-order valence-corrected chi connectivity index (χ4v) is 1.64. The van der Waals surface area contributed by atoms with Gasteiger partial charge in [-0.15, -0.1) is 0 Å². The van der Waals surface area contributed by atoms with Crippen molar-refractivity contribution in [1.82, 2.24) is 0 Å². The van der Waals surface area contributed by atoms with Gasteiger partial charge in [-0.1, -0.05) is 6.07 Å². The van der Waals surface area contributed by atoms with Crippen molar-refractivity contribution in [2.45, 2.75) is 25.3 Å². The van der Waals surface area contributed by atoms with E-state index in [0.29, 0.717) is 12.1 Å². The zero-order chi connectivity index (χ0) is 15.5. The number of carbonyl (C=O) groups is 1. The van der Waals surface area contributed by atoms with Crippen LogP contribution in [0.4, 0.5) is 22.0 Å². The first-order valence-electron chi connectivity index (χ1n) is 5.62. The second-order valence-electron chi connectivity index (χ2n) is 3.88. The average Bonchev–Trinajstić information content (AvgIpc) is 2.36. The molecule has 20 heavy (non-hydrogen) atoms. The summed E-state index contributed by atoms with van der Waals surface area (Å²) in [7, 11) is 0. The molecule has 0 bridgehead atoms. The number of esters is 1. The largest absolute Gasteiger partial charge is 0.464 e. The van der Waals surface area contributed by atoms with E-state index in [1.807, 2.05) is 0 Å². The Morgan fingerprint density at radius 1 is 1.40 bits per heavy atom. The third-order valence-electron chi connectivity index (χ3n) is 2.52. The van der Waals surface area contributed by atoms with Crippen LogP contribution in [-0.2, 0) is 15.7 Å². The van der Waals surface area contributed by atoms with E-state index in [0.717, 1.165) is 6.07 Å². The molecule has 0 aliphatic heterocycles. The van der Waals surface area contributed by atoms with Gasteiger partial charge in [-0.25, -0.2) is 13.6 Å². The summed E-state index contributed by atoms with van der Waals surface area (Å²) in [5, 5.41) is 0. The van der Waals surface area contributed by atoms with Crippen molar-refractivity contribution >= 4 is 5.97 Å². The zero-order valence-corrected chi connectivity index (χ0v) is 10.4. The minimum Gasteiger partial charge on any atom is -0.464 e. The van der Waals surface area contributed by atoms with Crippen molar-refractivity contribution in [3.63, 3.8) is 0 Å². The molecule has 1 aromatic carbocycles. The molecule has 0 heterocycles. The normalized spacial score (nSPS) is 14.8. The molecule has 112 valence electrons. The van der Waals surface area contributed by atoms with Crippen LogP contribution in [0.25, 0.3) is 0 Å². The highest BCUT2D eigenvalue weighted by Crippen LogP contribution is 2.36. The van der Waals surface area contributed by atoms with E-state index in [4.69, 9.17) is 5.73 Å². The van der Waals surface area contributed by atoms with Crippen molar-refractivity contribution in [2.24, 2.45) is 5.73 Å². The van der Waals surface area contributed by atoms with Gasteiger partial charge in [0, 0.05) is 5.56 Å². The number of hydrogen-bond acceptors (Lipinski definition) is 3. The molecule has 0 aliphatic rings. The number of halogens is 5. The first kappa shape index (κ1) is 16.4. The van der Waals surface area contributed by atoms with Crippen LogP contribution in [0.2, 0.25) is 0 Å². The van der Waals surface area contributed by atoms with Gasteiger partial charge in [0.1, 0.15) is 5.82 Å². The standard InChI is InChI=1S/C12H12F5NO2/c1-2-20-11(19)9(14)10(18)8-6(12(15,16)17)4-3-5-7(8)13/h3-5,9-10H,2,18H2,1H3/t9?,10-/m1/s1. The maximum atomic E-state index is 13.7. The SMILES string of the molecule is CCOC(=O)C(F)[C@H](N)c1c(F)cccc1C(F)(F)F. The van der Waals surface area contributed by atoms with Crippen molar-refractivity contribution in [3.8, 4) is 0 Å². The van der Waals surface area contributed by atoms with Gasteiger partial charge >= 0.3 is 12.1 Å². The molecule has 0 saturated heterocycles. The van der Waals surface area contributed by atoms with E-state index in [1.165, 1.54) is 6.92 Å². The first-order chi connectivity index (χ1) is 9.20. The molecule has 3 nitrogen and oxygen atoms in total. The lowest BCUT2D eigenvalue weighted by molar-refractivity contribution is -0.150. The number of alkyl halides is 4. The topological polar surface area (TPSA) is 52.3 Å². The predicted molar refractivity (Wildman–Crippen MR) is 59.9 cm³/mol. The Balaban J connectivity index is 3.22. The Bertz CT molecular complexity index is 489. The van der Waals surface area contributed by atoms with Crippen LogP contribution in [0.15, 0.2) is 18.2 Å². The Labute approximate surface area is 111 Å². The van der Waals surface area contributed by atoms with Gasteiger partial charge in [-0.3, -0.25) is 0 Å². The lowest BCUT2D eigenvalue weighted by Crippen LogP contribution is -2.33. The summed E-state index contributed by atoms with van der Waals surface area (Å²) in [5.41, 5.74) is 2.74. The van der Waals surface area contributed by atoms with Gasteiger partial charge in [0.2, 0.25) is 6.17 Å². The number of benzene rings is 1. The van der Waals surface area contributed by atoms with Crippen LogP contribution in [0.3, 0.4) is 0 Å². The van der Waals surface area contributed by atoms with E-state index in [1.54, 1.807) is 0 Å². The number of rotatable bonds is 4. The average molecular weight is 297 g/mol. The van der Waals surface area contributed by atoms with Crippen LogP contribution in [-0.4, -0.2) is 18.7 Å². The molecule has 0 aromatic heterocycles. The number of carbonyl (C=O) groups excluding carboxylic acids is 1. The Kier molecular flexibility index (Phi) is 5.04. The monoisotopic (exact) mass is 297 g/mol. The van der Waals surface area contributed by atoms with Crippen molar-refractivity contribution in [1.29, 1.82) is 0 Å². The van der Waals surface area contributed by atoms with E-state index in [2.05, 4.69) is 4.74 Å². The van der Waals surface area contributed by atoms with Gasteiger partial charge < -0.3 is 10.5 Å². The quantitative estimate of drug-likeness (QED) is 0.687. The number of hydrogen-bond donors (Lipinski definition) is 1. The summed E-state index contributed by atoms with van der Waals surface area (Å²) in [6, 6.07) is -0.00312. The van der Waals surface area contributed by atoms with Gasteiger partial charge in [0.05, 0.1) is 18.2 Å². The molecule has 0 saturated carbocycles. The third kappa shape index (κ3) is 3.44. The van der Waals surface area contributed by atoms with Crippen molar-refractivity contribution in [3.05, 3.63) is 35.1 Å². The van der Waals surface area contributed by atoms with Gasteiger partial charge in [-0.2, -0.15) is 13.2 Å². The van der Waals surface area contributed by atoms with Crippen LogP contribution >= 0.6 is 0 Å². The second kappa shape index (κ2) is 6.17.